The third-order valence-electron chi connectivity index (χ3n) is 2.69. The van der Waals surface area contributed by atoms with E-state index in [1.54, 1.807) is 19.1 Å². The molecule has 88 valence electrons. The van der Waals surface area contributed by atoms with E-state index in [1.807, 2.05) is 6.07 Å². The highest BCUT2D eigenvalue weighted by Crippen LogP contribution is 2.31. The number of hydrogen-bond acceptors (Lipinski definition) is 5. The van der Waals surface area contributed by atoms with E-state index < -0.39 is 5.63 Å². The zero-order chi connectivity index (χ0) is 12.7. The average Bonchev–Trinajstić information content (AvgIpc) is 2.98. The summed E-state index contributed by atoms with van der Waals surface area (Å²) in [6, 6.07) is 5.22. The second-order valence-electron chi connectivity index (χ2n) is 3.76. The van der Waals surface area contributed by atoms with Crippen molar-refractivity contribution in [3.05, 3.63) is 40.1 Å². The van der Waals surface area contributed by atoms with Crippen LogP contribution in [-0.2, 0) is 0 Å². The first-order chi connectivity index (χ1) is 8.72. The third kappa shape index (κ3) is 1.28. The van der Waals surface area contributed by atoms with E-state index in [0.29, 0.717) is 22.4 Å². The molecule has 0 radical (unpaired) electrons. The molecule has 0 amide bonds. The zero-order valence-corrected chi connectivity index (χ0v) is 9.35. The monoisotopic (exact) mass is 241 g/mol. The number of nitrogens with one attached hydrogen (secondary N) is 1. The number of rotatable bonds is 1. The van der Waals surface area contributed by atoms with E-state index in [4.69, 9.17) is 14.1 Å². The Bertz CT molecular complexity index is 819. The summed E-state index contributed by atoms with van der Waals surface area (Å²) >= 11 is 0. The van der Waals surface area contributed by atoms with Gasteiger partial charge in [-0.2, -0.15) is 5.26 Å². The predicted molar refractivity (Wildman–Crippen MR) is 61.8 cm³/mol. The molecule has 0 atom stereocenters. The normalized spacial score (nSPS) is 10.7. The van der Waals surface area contributed by atoms with Crippen molar-refractivity contribution in [2.75, 3.05) is 0 Å². The first kappa shape index (κ1) is 10.4. The Kier molecular flexibility index (Phi) is 2.07. The number of aryl methyl sites for hydroxylation is 1. The smallest absolute Gasteiger partial charge is 0.356 e. The number of aromatic amines is 1. The van der Waals surface area contributed by atoms with Gasteiger partial charge in [-0.15, -0.1) is 5.10 Å². The van der Waals surface area contributed by atoms with Crippen LogP contribution >= 0.6 is 0 Å². The van der Waals surface area contributed by atoms with Gasteiger partial charge in [-0.25, -0.2) is 4.79 Å². The molecule has 0 saturated carbocycles. The summed E-state index contributed by atoms with van der Waals surface area (Å²) in [5.41, 5.74) is 0.490. The van der Waals surface area contributed by atoms with E-state index in [1.165, 1.54) is 6.26 Å². The summed E-state index contributed by atoms with van der Waals surface area (Å²) in [5.74, 6) is 0.439. The standard InChI is InChI=1S/C12H7N3O3/c1-6-9-10(8-3-2-4-17-8)7(5-13)12(16)18-11(9)15-14-6/h2-4H,1H3,(H,14,15). The molecule has 0 spiro atoms. The summed E-state index contributed by atoms with van der Waals surface area (Å²) in [7, 11) is 0. The summed E-state index contributed by atoms with van der Waals surface area (Å²) in [4.78, 5) is 11.7. The highest BCUT2D eigenvalue weighted by Gasteiger charge is 2.21. The van der Waals surface area contributed by atoms with E-state index in [0.717, 1.165) is 0 Å². The van der Waals surface area contributed by atoms with Crippen molar-refractivity contribution in [2.45, 2.75) is 6.92 Å². The molecule has 6 nitrogen and oxygen atoms in total. The minimum atomic E-state index is -0.720. The van der Waals surface area contributed by atoms with Gasteiger partial charge in [0, 0.05) is 5.69 Å². The number of furan rings is 1. The van der Waals surface area contributed by atoms with Gasteiger partial charge in [-0.1, -0.05) is 0 Å². The van der Waals surface area contributed by atoms with Crippen molar-refractivity contribution in [1.29, 1.82) is 5.26 Å². The number of H-pyrrole nitrogens is 1. The first-order valence-electron chi connectivity index (χ1n) is 5.18. The van der Waals surface area contributed by atoms with E-state index in [9.17, 15) is 4.79 Å². The third-order valence-corrected chi connectivity index (χ3v) is 2.69. The highest BCUT2D eigenvalue weighted by atomic mass is 16.4. The van der Waals surface area contributed by atoms with Gasteiger partial charge in [-0.3, -0.25) is 5.10 Å². The van der Waals surface area contributed by atoms with Crippen molar-refractivity contribution in [2.24, 2.45) is 0 Å². The summed E-state index contributed by atoms with van der Waals surface area (Å²) in [5, 5.41) is 16.3. The van der Waals surface area contributed by atoms with E-state index in [-0.39, 0.29) is 11.3 Å². The molecule has 3 heterocycles. The van der Waals surface area contributed by atoms with Gasteiger partial charge in [-0.05, 0) is 19.1 Å². The lowest BCUT2D eigenvalue weighted by atomic mass is 10.0. The Morgan fingerprint density at radius 3 is 3.00 bits per heavy atom. The van der Waals surface area contributed by atoms with Crippen LogP contribution in [0.4, 0.5) is 0 Å². The van der Waals surface area contributed by atoms with Crippen LogP contribution in [0.5, 0.6) is 0 Å². The molecule has 0 saturated heterocycles. The molecular weight excluding hydrogens is 234 g/mol. The Morgan fingerprint density at radius 1 is 1.50 bits per heavy atom. The van der Waals surface area contributed by atoms with Gasteiger partial charge in [0.2, 0.25) is 5.71 Å². The molecule has 3 rings (SSSR count). The number of hydrogen-bond donors (Lipinski definition) is 1. The molecule has 0 aliphatic carbocycles. The van der Waals surface area contributed by atoms with Crippen molar-refractivity contribution >= 4 is 11.1 Å². The fourth-order valence-corrected chi connectivity index (χ4v) is 1.91. The molecule has 3 aromatic heterocycles. The lowest BCUT2D eigenvalue weighted by Crippen LogP contribution is -2.06. The fourth-order valence-electron chi connectivity index (χ4n) is 1.91. The molecule has 1 N–H and O–H groups in total. The number of nitriles is 1. The Labute approximate surface area is 100 Å². The maximum absolute atomic E-state index is 11.7. The largest absolute Gasteiger partial charge is 0.464 e. The SMILES string of the molecule is Cc1[nH]nc2oc(=O)c(C#N)c(-c3ccco3)c12. The molecule has 0 bridgehead atoms. The maximum atomic E-state index is 11.7. The van der Waals surface area contributed by atoms with Crippen LogP contribution in [0.25, 0.3) is 22.4 Å². The van der Waals surface area contributed by atoms with Crippen molar-refractivity contribution in [3.63, 3.8) is 0 Å². The molecule has 0 unspecified atom stereocenters. The van der Waals surface area contributed by atoms with Gasteiger partial charge < -0.3 is 8.83 Å². The quantitative estimate of drug-likeness (QED) is 0.702. The first-order valence-corrected chi connectivity index (χ1v) is 5.18. The molecule has 0 aromatic carbocycles. The summed E-state index contributed by atoms with van der Waals surface area (Å²) in [6.07, 6.45) is 1.48. The van der Waals surface area contributed by atoms with Gasteiger partial charge in [0.25, 0.3) is 0 Å². The minimum absolute atomic E-state index is 0.0815. The highest BCUT2D eigenvalue weighted by molar-refractivity contribution is 5.94. The van der Waals surface area contributed by atoms with Crippen LogP contribution in [0.15, 0.2) is 32.0 Å². The van der Waals surface area contributed by atoms with Crippen LogP contribution in [0, 0.1) is 18.3 Å². The number of nitrogens with zero attached hydrogens (tertiary/aromatic N) is 2. The topological polar surface area (TPSA) is 95.8 Å². The Hall–Kier alpha value is -2.81. The predicted octanol–water partition coefficient (Wildman–Crippen LogP) is 1.96. The summed E-state index contributed by atoms with van der Waals surface area (Å²) in [6.45, 7) is 1.78. The van der Waals surface area contributed by atoms with Crippen molar-refractivity contribution in [1.82, 2.24) is 10.2 Å². The van der Waals surface area contributed by atoms with Crippen LogP contribution in [0.3, 0.4) is 0 Å². The summed E-state index contributed by atoms with van der Waals surface area (Å²) < 4.78 is 10.3. The molecule has 3 aromatic rings. The lowest BCUT2D eigenvalue weighted by Gasteiger charge is -2.01. The van der Waals surface area contributed by atoms with Crippen molar-refractivity contribution in [3.8, 4) is 17.4 Å². The molecular formula is C12H7N3O3. The van der Waals surface area contributed by atoms with Crippen LogP contribution in [-0.4, -0.2) is 10.2 Å². The van der Waals surface area contributed by atoms with Gasteiger partial charge in [0.05, 0.1) is 17.2 Å². The zero-order valence-electron chi connectivity index (χ0n) is 9.35. The van der Waals surface area contributed by atoms with Crippen molar-refractivity contribution < 1.29 is 8.83 Å². The number of fused-ring (bicyclic) bond motifs is 1. The van der Waals surface area contributed by atoms with Crippen LogP contribution in [0.2, 0.25) is 0 Å². The molecule has 0 fully saturated rings. The maximum Gasteiger partial charge on any atom is 0.356 e. The van der Waals surface area contributed by atoms with Gasteiger partial charge in [0.1, 0.15) is 17.4 Å². The lowest BCUT2D eigenvalue weighted by molar-refractivity contribution is 0.543. The Morgan fingerprint density at radius 2 is 2.33 bits per heavy atom. The minimum Gasteiger partial charge on any atom is -0.464 e. The second kappa shape index (κ2) is 3.60. The van der Waals surface area contributed by atoms with Gasteiger partial charge >= 0.3 is 5.63 Å². The van der Waals surface area contributed by atoms with E-state index in [2.05, 4.69) is 10.2 Å². The molecule has 0 aliphatic rings. The molecule has 6 heteroatoms. The fraction of sp³-hybridized carbons (Fsp3) is 0.0833. The van der Waals surface area contributed by atoms with Crippen LogP contribution < -0.4 is 5.63 Å². The van der Waals surface area contributed by atoms with Crippen LogP contribution in [0.1, 0.15) is 11.3 Å². The number of aromatic nitrogens is 2. The van der Waals surface area contributed by atoms with E-state index >= 15 is 0 Å². The Balaban J connectivity index is 2.57. The molecule has 18 heavy (non-hydrogen) atoms. The molecule has 0 aliphatic heterocycles. The van der Waals surface area contributed by atoms with Gasteiger partial charge in [0.15, 0.2) is 0 Å². The second-order valence-corrected chi connectivity index (χ2v) is 3.76. The average molecular weight is 241 g/mol.